The molecule has 0 saturated heterocycles. The van der Waals surface area contributed by atoms with Crippen LogP contribution in [0.3, 0.4) is 0 Å². The summed E-state index contributed by atoms with van der Waals surface area (Å²) in [6.07, 6.45) is -4.80. The molecule has 0 unspecified atom stereocenters. The highest BCUT2D eigenvalue weighted by Gasteiger charge is 2.32. The zero-order valence-electron chi connectivity index (χ0n) is 6.77. The lowest BCUT2D eigenvalue weighted by molar-refractivity contribution is -0.275. The zero-order chi connectivity index (χ0) is 11.6. The zero-order valence-corrected chi connectivity index (χ0v) is 10.5. The number of hydrogen-bond acceptors (Lipinski definition) is 3. The predicted molar refractivity (Wildman–Crippen MR) is 56.1 cm³/mol. The van der Waals surface area contributed by atoms with E-state index in [0.717, 1.165) is 6.07 Å². The SMILES string of the molecule is N#Cc1cc(OC(F)(F)F)c(Br)nc1I. The lowest BCUT2D eigenvalue weighted by Gasteiger charge is -2.10. The molecule has 0 fully saturated rings. The maximum absolute atomic E-state index is 11.9. The molecular weight excluding hydrogens is 392 g/mol. The van der Waals surface area contributed by atoms with Gasteiger partial charge in [0.05, 0.1) is 5.56 Å². The van der Waals surface area contributed by atoms with Gasteiger partial charge in [-0.05, 0) is 38.5 Å². The third kappa shape index (κ3) is 3.49. The predicted octanol–water partition coefficient (Wildman–Crippen LogP) is 3.22. The van der Waals surface area contributed by atoms with E-state index >= 15 is 0 Å². The summed E-state index contributed by atoms with van der Waals surface area (Å²) in [6.45, 7) is 0. The van der Waals surface area contributed by atoms with Gasteiger partial charge in [-0.15, -0.1) is 13.2 Å². The third-order valence-corrected chi connectivity index (χ3v) is 2.63. The molecule has 1 rings (SSSR count). The van der Waals surface area contributed by atoms with Gasteiger partial charge in [0.15, 0.2) is 5.75 Å². The number of aromatic nitrogens is 1. The van der Waals surface area contributed by atoms with Crippen molar-refractivity contribution >= 4 is 38.5 Å². The first-order valence-electron chi connectivity index (χ1n) is 3.35. The van der Waals surface area contributed by atoms with Crippen molar-refractivity contribution in [2.24, 2.45) is 0 Å². The average molecular weight is 393 g/mol. The summed E-state index contributed by atoms with van der Waals surface area (Å²) in [6, 6.07) is 2.69. The normalized spacial score (nSPS) is 10.9. The van der Waals surface area contributed by atoms with Gasteiger partial charge in [0.2, 0.25) is 0 Å². The Balaban J connectivity index is 3.15. The van der Waals surface area contributed by atoms with Gasteiger partial charge >= 0.3 is 6.36 Å². The molecule has 0 amide bonds. The molecule has 0 N–H and O–H groups in total. The highest BCUT2D eigenvalue weighted by atomic mass is 127. The van der Waals surface area contributed by atoms with Gasteiger partial charge in [0.1, 0.15) is 14.4 Å². The Hall–Kier alpha value is -0.560. The number of pyridine rings is 1. The molecule has 0 atom stereocenters. The Bertz CT molecular complexity index is 429. The second kappa shape index (κ2) is 4.52. The molecule has 0 saturated carbocycles. The fraction of sp³-hybridized carbons (Fsp3) is 0.143. The highest BCUT2D eigenvalue weighted by molar-refractivity contribution is 14.1. The van der Waals surface area contributed by atoms with Crippen LogP contribution in [0.15, 0.2) is 10.7 Å². The van der Waals surface area contributed by atoms with Gasteiger partial charge in [-0.25, -0.2) is 4.98 Å². The Morgan fingerprint density at radius 3 is 2.60 bits per heavy atom. The van der Waals surface area contributed by atoms with Crippen LogP contribution in [0.5, 0.6) is 5.75 Å². The van der Waals surface area contributed by atoms with E-state index in [9.17, 15) is 13.2 Å². The summed E-state index contributed by atoms with van der Waals surface area (Å²) < 4.78 is 39.6. The summed E-state index contributed by atoms with van der Waals surface area (Å²) in [7, 11) is 0. The molecule has 0 radical (unpaired) electrons. The lowest BCUT2D eigenvalue weighted by Crippen LogP contribution is -2.18. The second-order valence-corrected chi connectivity index (χ2v) is 4.05. The third-order valence-electron chi connectivity index (χ3n) is 1.24. The molecule has 1 heterocycles. The molecule has 1 aromatic rings. The van der Waals surface area contributed by atoms with Crippen LogP contribution in [0.1, 0.15) is 5.56 Å². The molecule has 8 heteroatoms. The standard InChI is InChI=1S/C7HBrF3IN2O/c8-5-4(15-7(9,10)11)1-3(2-13)6(12)14-5/h1H. The summed E-state index contributed by atoms with van der Waals surface area (Å²) in [4.78, 5) is 3.68. The van der Waals surface area contributed by atoms with Crippen molar-refractivity contribution < 1.29 is 17.9 Å². The van der Waals surface area contributed by atoms with Crippen molar-refractivity contribution in [2.75, 3.05) is 0 Å². The van der Waals surface area contributed by atoms with Gasteiger partial charge in [-0.2, -0.15) is 5.26 Å². The second-order valence-electron chi connectivity index (χ2n) is 2.28. The first-order chi connectivity index (χ1) is 6.83. The van der Waals surface area contributed by atoms with E-state index in [-0.39, 0.29) is 10.2 Å². The van der Waals surface area contributed by atoms with Crippen LogP contribution in [-0.4, -0.2) is 11.3 Å². The van der Waals surface area contributed by atoms with Crippen LogP contribution >= 0.6 is 38.5 Å². The Morgan fingerprint density at radius 1 is 1.53 bits per heavy atom. The minimum Gasteiger partial charge on any atom is -0.403 e. The van der Waals surface area contributed by atoms with Crippen LogP contribution in [0, 0.1) is 15.0 Å². The first kappa shape index (κ1) is 12.5. The molecule has 0 aliphatic carbocycles. The summed E-state index contributed by atoms with van der Waals surface area (Å²) in [5.41, 5.74) is 0.0260. The van der Waals surface area contributed by atoms with E-state index in [0.29, 0.717) is 3.70 Å². The minimum atomic E-state index is -4.80. The molecule has 0 aliphatic rings. The van der Waals surface area contributed by atoms with Crippen molar-refractivity contribution in [3.63, 3.8) is 0 Å². The number of nitriles is 1. The quantitative estimate of drug-likeness (QED) is 0.544. The smallest absolute Gasteiger partial charge is 0.403 e. The molecule has 0 aromatic carbocycles. The van der Waals surface area contributed by atoms with Crippen molar-refractivity contribution in [3.8, 4) is 11.8 Å². The van der Waals surface area contributed by atoms with E-state index in [1.54, 1.807) is 28.7 Å². The van der Waals surface area contributed by atoms with Crippen LogP contribution < -0.4 is 4.74 Å². The molecule has 1 aromatic heterocycles. The van der Waals surface area contributed by atoms with Gasteiger partial charge in [0.25, 0.3) is 0 Å². The van der Waals surface area contributed by atoms with Gasteiger partial charge in [-0.3, -0.25) is 0 Å². The molecule has 0 aliphatic heterocycles. The number of rotatable bonds is 1. The van der Waals surface area contributed by atoms with Crippen molar-refractivity contribution in [1.29, 1.82) is 5.26 Å². The van der Waals surface area contributed by atoms with E-state index < -0.39 is 12.1 Å². The molecule has 3 nitrogen and oxygen atoms in total. The molecular formula is C7HBrF3IN2O. The van der Waals surface area contributed by atoms with Gasteiger partial charge in [-0.1, -0.05) is 0 Å². The van der Waals surface area contributed by atoms with Crippen LogP contribution in [0.25, 0.3) is 0 Å². The monoisotopic (exact) mass is 392 g/mol. The topological polar surface area (TPSA) is 45.9 Å². The van der Waals surface area contributed by atoms with E-state index in [1.165, 1.54) is 0 Å². The number of hydrogen-bond donors (Lipinski definition) is 0. The van der Waals surface area contributed by atoms with Crippen molar-refractivity contribution in [2.45, 2.75) is 6.36 Å². The summed E-state index contributed by atoms with van der Waals surface area (Å²) in [5, 5.41) is 8.59. The van der Waals surface area contributed by atoms with Crippen LogP contribution in [0.4, 0.5) is 13.2 Å². The first-order valence-corrected chi connectivity index (χ1v) is 5.22. The largest absolute Gasteiger partial charge is 0.573 e. The average Bonchev–Trinajstić information content (AvgIpc) is 2.07. The number of alkyl halides is 3. The summed E-state index contributed by atoms with van der Waals surface area (Å²) in [5.74, 6) is -0.528. The Morgan fingerprint density at radius 2 is 2.13 bits per heavy atom. The van der Waals surface area contributed by atoms with Gasteiger partial charge in [0, 0.05) is 6.07 Å². The van der Waals surface area contributed by atoms with Crippen molar-refractivity contribution in [3.05, 3.63) is 19.9 Å². The van der Waals surface area contributed by atoms with Crippen LogP contribution in [0.2, 0.25) is 0 Å². The molecule has 0 spiro atoms. The maximum Gasteiger partial charge on any atom is 0.573 e. The van der Waals surface area contributed by atoms with E-state index in [1.807, 2.05) is 0 Å². The highest BCUT2D eigenvalue weighted by Crippen LogP contribution is 2.30. The summed E-state index contributed by atoms with van der Waals surface area (Å²) >= 11 is 4.55. The Kier molecular flexibility index (Phi) is 3.77. The minimum absolute atomic E-state index is 0.0260. The Labute approximate surface area is 105 Å². The lowest BCUT2D eigenvalue weighted by atomic mass is 10.3. The fourth-order valence-electron chi connectivity index (χ4n) is 0.726. The molecule has 80 valence electrons. The number of ether oxygens (including phenoxy) is 1. The van der Waals surface area contributed by atoms with E-state index in [4.69, 9.17) is 5.26 Å². The fourth-order valence-corrected chi connectivity index (χ4v) is 1.95. The maximum atomic E-state index is 11.9. The van der Waals surface area contributed by atoms with Crippen molar-refractivity contribution in [1.82, 2.24) is 4.98 Å². The van der Waals surface area contributed by atoms with Crippen LogP contribution in [-0.2, 0) is 0 Å². The van der Waals surface area contributed by atoms with E-state index in [2.05, 4.69) is 25.7 Å². The van der Waals surface area contributed by atoms with Gasteiger partial charge < -0.3 is 4.74 Å². The number of halogens is 5. The molecule has 0 bridgehead atoms. The molecule has 15 heavy (non-hydrogen) atoms. The number of nitrogens with zero attached hydrogens (tertiary/aromatic N) is 2.